The molecule has 122 valence electrons. The zero-order valence-corrected chi connectivity index (χ0v) is 13.3. The first-order valence-electron chi connectivity index (χ1n) is 7.43. The topological polar surface area (TPSA) is 76.7 Å². The number of carbonyl (C=O) groups excluding carboxylic acids is 2. The second kappa shape index (κ2) is 9.78. The Hall–Kier alpha value is -2.08. The third-order valence-electron chi connectivity index (χ3n) is 2.81. The second-order valence-corrected chi connectivity index (χ2v) is 5.07. The van der Waals surface area contributed by atoms with E-state index in [1.165, 1.54) is 0 Å². The van der Waals surface area contributed by atoms with Crippen LogP contribution in [-0.4, -0.2) is 31.8 Å². The van der Waals surface area contributed by atoms with Gasteiger partial charge in [-0.25, -0.2) is 4.79 Å². The number of anilines is 1. The molecule has 1 rings (SSSR count). The Morgan fingerprint density at radius 3 is 2.41 bits per heavy atom. The summed E-state index contributed by atoms with van der Waals surface area (Å²) in [5, 5.41) is 5.69. The summed E-state index contributed by atoms with van der Waals surface area (Å²) in [6.07, 6.45) is -0.489. The number of benzene rings is 1. The van der Waals surface area contributed by atoms with Gasteiger partial charge in [-0.2, -0.15) is 0 Å². The van der Waals surface area contributed by atoms with Crippen molar-refractivity contribution in [2.75, 3.05) is 25.0 Å². The van der Waals surface area contributed by atoms with Crippen LogP contribution in [-0.2, 0) is 20.9 Å². The molecule has 0 heterocycles. The molecule has 0 aliphatic carbocycles. The molecule has 1 aromatic rings. The van der Waals surface area contributed by atoms with Crippen LogP contribution in [0.25, 0.3) is 0 Å². The summed E-state index contributed by atoms with van der Waals surface area (Å²) in [6.45, 7) is 7.58. The fraction of sp³-hybridized carbons (Fsp3) is 0.500. The highest BCUT2D eigenvalue weighted by atomic mass is 16.5. The normalized spacial score (nSPS) is 10.4. The zero-order chi connectivity index (χ0) is 16.4. The van der Waals surface area contributed by atoms with E-state index in [0.29, 0.717) is 18.8 Å². The maximum absolute atomic E-state index is 11.5. The number of nitrogens with one attached hydrogen (secondary N) is 2. The Labute approximate surface area is 131 Å². The summed E-state index contributed by atoms with van der Waals surface area (Å²) in [5.41, 5.74) is 1.49. The molecule has 6 nitrogen and oxygen atoms in total. The van der Waals surface area contributed by atoms with E-state index in [9.17, 15) is 9.59 Å². The number of ether oxygens (including phenoxy) is 2. The minimum atomic E-state index is -0.489. The lowest BCUT2D eigenvalue weighted by Crippen LogP contribution is -2.23. The van der Waals surface area contributed by atoms with Crippen molar-refractivity contribution in [3.8, 4) is 0 Å². The van der Waals surface area contributed by atoms with Crippen LogP contribution in [0.15, 0.2) is 24.3 Å². The van der Waals surface area contributed by atoms with Gasteiger partial charge in [0, 0.05) is 12.2 Å². The SMILES string of the molecule is CCNCCOC(=O)Nc1ccc(COC(=O)C(C)C)cc1. The third kappa shape index (κ3) is 7.08. The second-order valence-electron chi connectivity index (χ2n) is 5.07. The fourth-order valence-electron chi connectivity index (χ4n) is 1.55. The van der Waals surface area contributed by atoms with Gasteiger partial charge in [0.2, 0.25) is 0 Å². The van der Waals surface area contributed by atoms with Gasteiger partial charge >= 0.3 is 12.1 Å². The molecule has 0 aromatic heterocycles. The van der Waals surface area contributed by atoms with Gasteiger partial charge in [0.15, 0.2) is 0 Å². The third-order valence-corrected chi connectivity index (χ3v) is 2.81. The molecule has 0 radical (unpaired) electrons. The quantitative estimate of drug-likeness (QED) is 0.570. The van der Waals surface area contributed by atoms with Gasteiger partial charge in [0.05, 0.1) is 5.92 Å². The maximum Gasteiger partial charge on any atom is 0.411 e. The minimum Gasteiger partial charge on any atom is -0.461 e. The molecule has 0 saturated heterocycles. The zero-order valence-electron chi connectivity index (χ0n) is 13.3. The number of amides is 1. The van der Waals surface area contributed by atoms with Crippen molar-refractivity contribution in [3.63, 3.8) is 0 Å². The predicted octanol–water partition coefficient (Wildman–Crippen LogP) is 2.54. The molecular weight excluding hydrogens is 284 g/mol. The van der Waals surface area contributed by atoms with Gasteiger partial charge in [-0.15, -0.1) is 0 Å². The Morgan fingerprint density at radius 2 is 1.82 bits per heavy atom. The van der Waals surface area contributed by atoms with Crippen molar-refractivity contribution < 1.29 is 19.1 Å². The number of esters is 1. The molecule has 0 atom stereocenters. The largest absolute Gasteiger partial charge is 0.461 e. The van der Waals surface area contributed by atoms with Gasteiger partial charge in [-0.1, -0.05) is 32.9 Å². The van der Waals surface area contributed by atoms with E-state index in [4.69, 9.17) is 9.47 Å². The van der Waals surface area contributed by atoms with Gasteiger partial charge in [-0.05, 0) is 24.2 Å². The summed E-state index contributed by atoms with van der Waals surface area (Å²) in [7, 11) is 0. The van der Waals surface area contributed by atoms with Crippen molar-refractivity contribution in [2.45, 2.75) is 27.4 Å². The number of rotatable bonds is 8. The predicted molar refractivity (Wildman–Crippen MR) is 84.6 cm³/mol. The summed E-state index contributed by atoms with van der Waals surface area (Å²) < 4.78 is 10.1. The number of hydrogen-bond acceptors (Lipinski definition) is 5. The van der Waals surface area contributed by atoms with E-state index in [1.807, 2.05) is 6.92 Å². The van der Waals surface area contributed by atoms with E-state index >= 15 is 0 Å². The molecule has 0 unspecified atom stereocenters. The van der Waals surface area contributed by atoms with Crippen LogP contribution in [0.1, 0.15) is 26.3 Å². The van der Waals surface area contributed by atoms with E-state index in [2.05, 4.69) is 10.6 Å². The molecule has 22 heavy (non-hydrogen) atoms. The van der Waals surface area contributed by atoms with Crippen LogP contribution in [0.4, 0.5) is 10.5 Å². The highest BCUT2D eigenvalue weighted by Gasteiger charge is 2.08. The molecule has 0 aliphatic rings. The maximum atomic E-state index is 11.5. The van der Waals surface area contributed by atoms with Crippen LogP contribution >= 0.6 is 0 Å². The molecule has 0 aliphatic heterocycles. The number of hydrogen-bond donors (Lipinski definition) is 2. The molecule has 0 bridgehead atoms. The Kier molecular flexibility index (Phi) is 7.99. The highest BCUT2D eigenvalue weighted by molar-refractivity contribution is 5.84. The Morgan fingerprint density at radius 1 is 1.14 bits per heavy atom. The molecule has 1 amide bonds. The van der Waals surface area contributed by atoms with E-state index in [-0.39, 0.29) is 18.5 Å². The van der Waals surface area contributed by atoms with E-state index < -0.39 is 6.09 Å². The van der Waals surface area contributed by atoms with Gasteiger partial charge in [0.1, 0.15) is 13.2 Å². The van der Waals surface area contributed by atoms with Gasteiger partial charge < -0.3 is 14.8 Å². The highest BCUT2D eigenvalue weighted by Crippen LogP contribution is 2.11. The molecule has 0 spiro atoms. The Bertz CT molecular complexity index is 472. The summed E-state index contributed by atoms with van der Waals surface area (Å²) in [4.78, 5) is 22.9. The molecule has 2 N–H and O–H groups in total. The molecule has 6 heteroatoms. The van der Waals surface area contributed by atoms with Crippen LogP contribution in [0.5, 0.6) is 0 Å². The smallest absolute Gasteiger partial charge is 0.411 e. The average Bonchev–Trinajstić information content (AvgIpc) is 2.50. The first-order chi connectivity index (χ1) is 10.5. The van der Waals surface area contributed by atoms with Crippen LogP contribution in [0.3, 0.4) is 0 Å². The van der Waals surface area contributed by atoms with Crippen molar-refractivity contribution in [1.29, 1.82) is 0 Å². The van der Waals surface area contributed by atoms with Crippen LogP contribution in [0, 0.1) is 5.92 Å². The Balaban J connectivity index is 2.35. The first kappa shape index (κ1) is 18.0. The lowest BCUT2D eigenvalue weighted by molar-refractivity contribution is -0.148. The van der Waals surface area contributed by atoms with E-state index in [1.54, 1.807) is 38.1 Å². The molecular formula is C16H24N2O4. The minimum absolute atomic E-state index is 0.141. The number of likely N-dealkylation sites (N-methyl/N-ethyl adjacent to an activating group) is 1. The summed E-state index contributed by atoms with van der Waals surface area (Å²) in [5.74, 6) is -0.371. The monoisotopic (exact) mass is 308 g/mol. The van der Waals surface area contributed by atoms with Crippen LogP contribution in [0.2, 0.25) is 0 Å². The van der Waals surface area contributed by atoms with Crippen molar-refractivity contribution in [1.82, 2.24) is 5.32 Å². The lowest BCUT2D eigenvalue weighted by atomic mass is 10.2. The van der Waals surface area contributed by atoms with Crippen molar-refractivity contribution in [2.24, 2.45) is 5.92 Å². The molecule has 0 saturated carbocycles. The van der Waals surface area contributed by atoms with Crippen molar-refractivity contribution in [3.05, 3.63) is 29.8 Å². The summed E-state index contributed by atoms with van der Waals surface area (Å²) >= 11 is 0. The molecule has 0 fully saturated rings. The molecule has 1 aromatic carbocycles. The van der Waals surface area contributed by atoms with Gasteiger partial charge in [0.25, 0.3) is 0 Å². The lowest BCUT2D eigenvalue weighted by Gasteiger charge is -2.09. The van der Waals surface area contributed by atoms with Crippen molar-refractivity contribution >= 4 is 17.7 Å². The van der Waals surface area contributed by atoms with Crippen LogP contribution < -0.4 is 10.6 Å². The standard InChI is InChI=1S/C16H24N2O4/c1-4-17-9-10-21-16(20)18-14-7-5-13(6-8-14)11-22-15(19)12(2)3/h5-8,12,17H,4,9-11H2,1-3H3,(H,18,20). The van der Waals surface area contributed by atoms with Gasteiger partial charge in [-0.3, -0.25) is 10.1 Å². The summed E-state index contributed by atoms with van der Waals surface area (Å²) in [6, 6.07) is 7.07. The first-order valence-corrected chi connectivity index (χ1v) is 7.43. The fourth-order valence-corrected chi connectivity index (χ4v) is 1.55. The van der Waals surface area contributed by atoms with E-state index in [0.717, 1.165) is 12.1 Å². The average molecular weight is 308 g/mol. The number of carbonyl (C=O) groups is 2.